The lowest BCUT2D eigenvalue weighted by atomic mass is 10.1. The first kappa shape index (κ1) is 10.3. The Labute approximate surface area is 83.9 Å². The van der Waals surface area contributed by atoms with Gasteiger partial charge >= 0.3 is 5.97 Å². The van der Waals surface area contributed by atoms with Crippen LogP contribution in [0.25, 0.3) is 0 Å². The van der Waals surface area contributed by atoms with Gasteiger partial charge < -0.3 is 4.74 Å². The molecular weight excluding hydrogens is 176 g/mol. The van der Waals surface area contributed by atoms with Gasteiger partial charge in [-0.3, -0.25) is 0 Å². The summed E-state index contributed by atoms with van der Waals surface area (Å²) in [5.74, 6) is 2.23. The van der Waals surface area contributed by atoms with Gasteiger partial charge in [0.1, 0.15) is 6.61 Å². The summed E-state index contributed by atoms with van der Waals surface area (Å²) in [4.78, 5) is 10.8. The van der Waals surface area contributed by atoms with Crippen molar-refractivity contribution in [3.8, 4) is 12.3 Å². The van der Waals surface area contributed by atoms with Crippen LogP contribution >= 0.6 is 0 Å². The number of carbonyl (C=O) groups excluding carboxylic acids is 1. The molecular formula is C12H12O2. The standard InChI is InChI=1S/C8H6O2.C4H6/c9-8-7-4-2-1-3-6(7)5-10-8;1-3-4-2/h1-4H,5H2;1H,4H2,2H3. The first-order valence-corrected chi connectivity index (χ1v) is 4.48. The molecule has 0 saturated carbocycles. The summed E-state index contributed by atoms with van der Waals surface area (Å²) in [5.41, 5.74) is 1.70. The number of esters is 1. The zero-order valence-electron chi connectivity index (χ0n) is 8.12. The number of carbonyl (C=O) groups is 1. The fourth-order valence-corrected chi connectivity index (χ4v) is 1.07. The van der Waals surface area contributed by atoms with Crippen LogP contribution in [0.3, 0.4) is 0 Å². The number of terminal acetylenes is 1. The van der Waals surface area contributed by atoms with Crippen molar-refractivity contribution >= 4 is 5.97 Å². The van der Waals surface area contributed by atoms with Crippen molar-refractivity contribution in [1.29, 1.82) is 0 Å². The maximum absolute atomic E-state index is 10.8. The van der Waals surface area contributed by atoms with E-state index in [2.05, 4.69) is 5.92 Å². The van der Waals surface area contributed by atoms with Gasteiger partial charge in [0.15, 0.2) is 0 Å². The van der Waals surface area contributed by atoms with Crippen LogP contribution in [0.5, 0.6) is 0 Å². The zero-order chi connectivity index (χ0) is 10.4. The van der Waals surface area contributed by atoms with Crippen molar-refractivity contribution in [3.05, 3.63) is 35.4 Å². The minimum absolute atomic E-state index is 0.199. The van der Waals surface area contributed by atoms with Crippen LogP contribution in [0.2, 0.25) is 0 Å². The second-order valence-electron chi connectivity index (χ2n) is 2.79. The van der Waals surface area contributed by atoms with Crippen LogP contribution in [0.15, 0.2) is 24.3 Å². The lowest BCUT2D eigenvalue weighted by Gasteiger charge is -1.87. The molecule has 0 radical (unpaired) electrons. The summed E-state index contributed by atoms with van der Waals surface area (Å²) < 4.78 is 4.78. The molecule has 0 saturated heterocycles. The highest BCUT2D eigenvalue weighted by molar-refractivity contribution is 5.93. The minimum Gasteiger partial charge on any atom is -0.457 e. The van der Waals surface area contributed by atoms with Gasteiger partial charge in [0.2, 0.25) is 0 Å². The molecule has 2 rings (SSSR count). The van der Waals surface area contributed by atoms with E-state index in [1.54, 1.807) is 6.07 Å². The predicted octanol–water partition coefficient (Wildman–Crippen LogP) is 2.39. The van der Waals surface area contributed by atoms with Crippen LogP contribution in [0.4, 0.5) is 0 Å². The van der Waals surface area contributed by atoms with Gasteiger partial charge in [-0.1, -0.05) is 25.1 Å². The summed E-state index contributed by atoms with van der Waals surface area (Å²) in [7, 11) is 0. The number of hydrogen-bond acceptors (Lipinski definition) is 2. The van der Waals surface area contributed by atoms with Gasteiger partial charge in [0.25, 0.3) is 0 Å². The Kier molecular flexibility index (Phi) is 3.75. The van der Waals surface area contributed by atoms with E-state index in [1.807, 2.05) is 25.1 Å². The van der Waals surface area contributed by atoms with Crippen molar-refractivity contribution in [2.24, 2.45) is 0 Å². The average molecular weight is 188 g/mol. The van der Waals surface area contributed by atoms with Crippen molar-refractivity contribution < 1.29 is 9.53 Å². The lowest BCUT2D eigenvalue weighted by Crippen LogP contribution is -1.91. The summed E-state index contributed by atoms with van der Waals surface area (Å²) in [6.45, 7) is 2.38. The smallest absolute Gasteiger partial charge is 0.338 e. The highest BCUT2D eigenvalue weighted by Crippen LogP contribution is 2.17. The van der Waals surface area contributed by atoms with Crippen LogP contribution < -0.4 is 0 Å². The molecule has 0 aliphatic carbocycles. The predicted molar refractivity (Wildman–Crippen MR) is 54.7 cm³/mol. The van der Waals surface area contributed by atoms with Crippen molar-refractivity contribution in [3.63, 3.8) is 0 Å². The monoisotopic (exact) mass is 188 g/mol. The van der Waals surface area contributed by atoms with E-state index < -0.39 is 0 Å². The number of fused-ring (bicyclic) bond motifs is 1. The van der Waals surface area contributed by atoms with Crippen LogP contribution in [0, 0.1) is 12.3 Å². The number of benzene rings is 1. The fraction of sp³-hybridized carbons (Fsp3) is 0.250. The normalized spacial score (nSPS) is 11.9. The Hall–Kier alpha value is -1.75. The molecule has 1 aliphatic rings. The SMILES string of the molecule is C#CCC.O=C1OCc2ccccc21. The summed E-state index contributed by atoms with van der Waals surface area (Å²) in [6, 6.07) is 7.43. The molecule has 1 aliphatic heterocycles. The van der Waals surface area contributed by atoms with Gasteiger partial charge in [-0.2, -0.15) is 0 Å². The van der Waals surface area contributed by atoms with E-state index in [9.17, 15) is 4.79 Å². The minimum atomic E-state index is -0.199. The van der Waals surface area contributed by atoms with E-state index >= 15 is 0 Å². The lowest BCUT2D eigenvalue weighted by molar-refractivity contribution is 0.0535. The maximum atomic E-state index is 10.8. The van der Waals surface area contributed by atoms with Crippen molar-refractivity contribution in [2.75, 3.05) is 0 Å². The van der Waals surface area contributed by atoms with E-state index in [4.69, 9.17) is 11.2 Å². The van der Waals surface area contributed by atoms with Gasteiger partial charge in [0, 0.05) is 12.0 Å². The molecule has 0 amide bonds. The number of rotatable bonds is 0. The van der Waals surface area contributed by atoms with Crippen LogP contribution in [-0.2, 0) is 11.3 Å². The highest BCUT2D eigenvalue weighted by atomic mass is 16.5. The molecule has 0 fully saturated rings. The Morgan fingerprint density at radius 2 is 2.14 bits per heavy atom. The number of hydrogen-bond donors (Lipinski definition) is 0. The summed E-state index contributed by atoms with van der Waals surface area (Å²) in [5, 5.41) is 0. The van der Waals surface area contributed by atoms with Gasteiger partial charge in [-0.05, 0) is 6.07 Å². The molecule has 1 aromatic rings. The number of cyclic esters (lactones) is 1. The van der Waals surface area contributed by atoms with Crippen LogP contribution in [-0.4, -0.2) is 5.97 Å². The molecule has 14 heavy (non-hydrogen) atoms. The largest absolute Gasteiger partial charge is 0.457 e. The third kappa shape index (κ3) is 2.37. The second-order valence-corrected chi connectivity index (χ2v) is 2.79. The zero-order valence-corrected chi connectivity index (χ0v) is 8.12. The quantitative estimate of drug-likeness (QED) is 0.461. The van der Waals surface area contributed by atoms with Crippen molar-refractivity contribution in [1.82, 2.24) is 0 Å². The van der Waals surface area contributed by atoms with E-state index in [0.717, 1.165) is 12.0 Å². The van der Waals surface area contributed by atoms with E-state index in [1.165, 1.54) is 0 Å². The molecule has 0 N–H and O–H groups in total. The van der Waals surface area contributed by atoms with Gasteiger partial charge in [0.05, 0.1) is 5.56 Å². The van der Waals surface area contributed by atoms with Crippen molar-refractivity contribution in [2.45, 2.75) is 20.0 Å². The molecule has 1 aromatic carbocycles. The molecule has 2 heteroatoms. The topological polar surface area (TPSA) is 26.3 Å². The molecule has 0 spiro atoms. The summed E-state index contributed by atoms with van der Waals surface area (Å²) >= 11 is 0. The third-order valence-corrected chi connectivity index (χ3v) is 1.80. The Morgan fingerprint density at radius 1 is 1.50 bits per heavy atom. The molecule has 0 atom stereocenters. The molecule has 0 unspecified atom stereocenters. The fourth-order valence-electron chi connectivity index (χ4n) is 1.07. The second kappa shape index (κ2) is 5.08. The molecule has 1 heterocycles. The Bertz CT molecular complexity index is 361. The maximum Gasteiger partial charge on any atom is 0.338 e. The molecule has 0 bridgehead atoms. The number of ether oxygens (including phenoxy) is 1. The summed E-state index contributed by atoms with van der Waals surface area (Å²) in [6.07, 6.45) is 5.62. The van der Waals surface area contributed by atoms with Gasteiger partial charge in [-0.15, -0.1) is 12.3 Å². The molecule has 2 nitrogen and oxygen atoms in total. The van der Waals surface area contributed by atoms with E-state index in [-0.39, 0.29) is 5.97 Å². The Balaban J connectivity index is 0.000000213. The highest BCUT2D eigenvalue weighted by Gasteiger charge is 2.18. The third-order valence-electron chi connectivity index (χ3n) is 1.80. The first-order valence-electron chi connectivity index (χ1n) is 4.48. The Morgan fingerprint density at radius 3 is 2.71 bits per heavy atom. The van der Waals surface area contributed by atoms with Gasteiger partial charge in [-0.25, -0.2) is 4.79 Å². The van der Waals surface area contributed by atoms with E-state index in [0.29, 0.717) is 12.2 Å². The molecule has 0 aromatic heterocycles. The average Bonchev–Trinajstić information content (AvgIpc) is 2.62. The van der Waals surface area contributed by atoms with Crippen LogP contribution in [0.1, 0.15) is 29.3 Å². The molecule has 72 valence electrons. The first-order chi connectivity index (χ1) is 6.79.